The highest BCUT2D eigenvalue weighted by Gasteiger charge is 2.67. The van der Waals surface area contributed by atoms with Gasteiger partial charge >= 0.3 is 0 Å². The predicted molar refractivity (Wildman–Crippen MR) is 228 cm³/mol. The first-order chi connectivity index (χ1) is 30.6. The zero-order valence-electron chi connectivity index (χ0n) is 35.0. The van der Waals surface area contributed by atoms with Crippen molar-refractivity contribution >= 4 is 55.2 Å². The van der Waals surface area contributed by atoms with Crippen LogP contribution in [0.2, 0.25) is 5.02 Å². The quantitative estimate of drug-likeness (QED) is 0.116. The fraction of sp³-hybridized carbons (Fsp3) is 0.326. The number of benzene rings is 3. The van der Waals surface area contributed by atoms with Crippen LogP contribution in [-0.4, -0.2) is 59.7 Å². The summed E-state index contributed by atoms with van der Waals surface area (Å²) in [5, 5.41) is 10.9. The predicted octanol–water partition coefficient (Wildman–Crippen LogP) is 7.91. The van der Waals surface area contributed by atoms with Crippen molar-refractivity contribution in [2.75, 3.05) is 11.0 Å². The Hall–Kier alpha value is -6.35. The summed E-state index contributed by atoms with van der Waals surface area (Å²) >= 11 is 6.65. The number of nitrogens with zero attached hydrogens (tertiary/aromatic N) is 8. The molecule has 0 bridgehead atoms. The summed E-state index contributed by atoms with van der Waals surface area (Å²) in [4.78, 5) is 43.6. The first-order valence-corrected chi connectivity index (χ1v) is 22.4. The monoisotopic (exact) mass is 938 g/mol. The van der Waals surface area contributed by atoms with E-state index in [9.17, 15) is 30.8 Å². The number of hydrogen-bond acceptors (Lipinski definition) is 9. The van der Waals surface area contributed by atoms with Gasteiger partial charge in [0.05, 0.1) is 44.8 Å². The molecule has 22 heteroatoms. The van der Waals surface area contributed by atoms with E-state index in [4.69, 9.17) is 21.6 Å². The number of alkyl halides is 4. The number of aromatic nitrogens is 8. The average molecular weight is 939 g/mol. The summed E-state index contributed by atoms with van der Waals surface area (Å²) < 4.78 is 119. The number of amides is 1. The molecule has 1 saturated carbocycles. The molecule has 4 aromatic heterocycles. The Labute approximate surface area is 370 Å². The van der Waals surface area contributed by atoms with Crippen LogP contribution in [0.4, 0.5) is 32.2 Å². The van der Waals surface area contributed by atoms with Crippen molar-refractivity contribution in [1.82, 2.24) is 44.4 Å². The van der Waals surface area contributed by atoms with E-state index in [1.54, 1.807) is 19.1 Å². The Bertz CT molecular complexity index is 3300. The smallest absolute Gasteiger partial charge is 0.293 e. The maximum atomic E-state index is 15.6. The molecule has 4 heterocycles. The molecule has 9 rings (SSSR count). The Morgan fingerprint density at radius 2 is 1.72 bits per heavy atom. The number of hydrogen-bond donors (Lipinski definition) is 2. The number of rotatable bonds is 12. The van der Waals surface area contributed by atoms with Gasteiger partial charge in [-0.1, -0.05) is 31.5 Å². The highest BCUT2D eigenvalue weighted by molar-refractivity contribution is 7.92. The minimum atomic E-state index is -3.92. The lowest BCUT2D eigenvalue weighted by Crippen LogP contribution is -2.38. The first-order valence-electron chi connectivity index (χ1n) is 20.2. The van der Waals surface area contributed by atoms with E-state index in [-0.39, 0.29) is 67.6 Å². The topological polar surface area (TPSA) is 172 Å². The molecule has 0 unspecified atom stereocenters. The molecule has 1 fully saturated rings. The standard InChI is InChI=1S/C43H37ClF6N10O4S/c1-18(2)28-10-19(3)51-39(53-28)21-6-7-24-29(14-21)54-41(60(42(24)62)31-9-8-27(44)34-36(31)58(4)56-40(34)57-65(5,63)64)30(13-20-11-22(45)15-23(46)12-20)52-32(61)17-59-37-33(35(55-59)38(47)48)25-16-26(25)43(37,49)50/h6-12,14-15,18,25-26,30,38H,13,16-17H2,1-5H3,(H,52,61)(H,56,57)/t25-,26+,30-/m0/s1. The van der Waals surface area contributed by atoms with Crippen LogP contribution in [0, 0.1) is 24.5 Å². The zero-order chi connectivity index (χ0) is 46.6. The maximum absolute atomic E-state index is 15.6. The van der Waals surface area contributed by atoms with Crippen molar-refractivity contribution in [2.45, 2.75) is 70.4 Å². The van der Waals surface area contributed by atoms with Gasteiger partial charge in [-0.25, -0.2) is 40.9 Å². The Morgan fingerprint density at radius 1 is 1.00 bits per heavy atom. The van der Waals surface area contributed by atoms with Gasteiger partial charge in [-0.05, 0) is 73.2 Å². The Morgan fingerprint density at radius 3 is 2.40 bits per heavy atom. The van der Waals surface area contributed by atoms with Gasteiger partial charge in [0.2, 0.25) is 15.9 Å². The first kappa shape index (κ1) is 43.9. The highest BCUT2D eigenvalue weighted by Crippen LogP contribution is 2.68. The molecule has 3 atom stereocenters. The number of sulfonamides is 1. The lowest BCUT2D eigenvalue weighted by Gasteiger charge is -2.24. The van der Waals surface area contributed by atoms with Crippen LogP contribution in [0.5, 0.6) is 0 Å². The molecule has 7 aromatic rings. The van der Waals surface area contributed by atoms with Gasteiger partial charge in [-0.15, -0.1) is 0 Å². The van der Waals surface area contributed by atoms with Crippen LogP contribution in [0.15, 0.2) is 59.4 Å². The Kier molecular flexibility index (Phi) is 10.6. The van der Waals surface area contributed by atoms with E-state index in [2.05, 4.69) is 25.2 Å². The third-order valence-corrected chi connectivity index (χ3v) is 12.4. The minimum absolute atomic E-state index is 0.00785. The molecule has 0 aliphatic heterocycles. The SMILES string of the molecule is Cc1cc(C(C)C)nc(-c2ccc3c(=O)n(-c4ccc(Cl)c5c(NS(C)(=O)=O)nn(C)c45)c([C@H](Cc4cc(F)cc(F)c4)NC(=O)Cn4nc(C(F)F)c5c4C(F)(F)[C@@H]4C[C@H]54)nc3c2)n1. The van der Waals surface area contributed by atoms with Crippen LogP contribution >= 0.6 is 11.6 Å². The van der Waals surface area contributed by atoms with Crippen molar-refractivity contribution < 1.29 is 39.6 Å². The third-order valence-electron chi connectivity index (χ3n) is 11.5. The minimum Gasteiger partial charge on any atom is -0.344 e. The van der Waals surface area contributed by atoms with Crippen molar-refractivity contribution in [3.8, 4) is 17.1 Å². The van der Waals surface area contributed by atoms with Crippen LogP contribution in [0.1, 0.15) is 84.3 Å². The molecular weight excluding hydrogens is 902 g/mol. The number of fused-ring (bicyclic) bond motifs is 5. The molecule has 1 amide bonds. The molecular formula is C43H37ClF6N10O4S. The van der Waals surface area contributed by atoms with Crippen LogP contribution < -0.4 is 15.6 Å². The summed E-state index contributed by atoms with van der Waals surface area (Å²) in [5.41, 5.74) is -0.690. The number of aryl methyl sites for hydroxylation is 2. The number of anilines is 1. The fourth-order valence-electron chi connectivity index (χ4n) is 8.74. The molecule has 0 radical (unpaired) electrons. The van der Waals surface area contributed by atoms with Crippen molar-refractivity contribution in [3.63, 3.8) is 0 Å². The van der Waals surface area contributed by atoms with Gasteiger partial charge in [-0.2, -0.15) is 19.0 Å². The van der Waals surface area contributed by atoms with E-state index in [0.29, 0.717) is 27.8 Å². The molecule has 338 valence electrons. The normalized spacial score (nSPS) is 17.0. The average Bonchev–Trinajstić information content (AvgIpc) is 3.75. The zero-order valence-corrected chi connectivity index (χ0v) is 36.5. The van der Waals surface area contributed by atoms with E-state index in [0.717, 1.165) is 28.6 Å². The molecule has 0 spiro atoms. The summed E-state index contributed by atoms with van der Waals surface area (Å²) in [7, 11) is -2.46. The summed E-state index contributed by atoms with van der Waals surface area (Å²) in [5.74, 6) is -8.73. The third kappa shape index (κ3) is 7.87. The molecule has 0 saturated heterocycles. The van der Waals surface area contributed by atoms with Gasteiger partial charge in [-0.3, -0.25) is 28.2 Å². The van der Waals surface area contributed by atoms with Gasteiger partial charge in [0.1, 0.15) is 35.4 Å². The van der Waals surface area contributed by atoms with Gasteiger partial charge in [0.15, 0.2) is 11.6 Å². The summed E-state index contributed by atoms with van der Waals surface area (Å²) in [6.45, 7) is 4.73. The largest absolute Gasteiger partial charge is 0.344 e. The second-order valence-corrected chi connectivity index (χ2v) is 18.8. The van der Waals surface area contributed by atoms with E-state index < -0.39 is 87.7 Å². The number of carbonyl (C=O) groups is 1. The van der Waals surface area contributed by atoms with Crippen LogP contribution in [0.3, 0.4) is 0 Å². The highest BCUT2D eigenvalue weighted by atomic mass is 35.5. The van der Waals surface area contributed by atoms with Gasteiger partial charge in [0, 0.05) is 48.0 Å². The lowest BCUT2D eigenvalue weighted by molar-refractivity contribution is -0.123. The maximum Gasteiger partial charge on any atom is 0.293 e. The number of carbonyl (C=O) groups excluding carboxylic acids is 1. The second kappa shape index (κ2) is 15.7. The van der Waals surface area contributed by atoms with Crippen molar-refractivity contribution in [3.05, 3.63) is 121 Å². The molecule has 2 N–H and O–H groups in total. The summed E-state index contributed by atoms with van der Waals surface area (Å²) in [6.07, 6.45) is -2.79. The number of nitrogens with one attached hydrogen (secondary N) is 2. The molecule has 2 aliphatic carbocycles. The van der Waals surface area contributed by atoms with E-state index >= 15 is 13.6 Å². The molecule has 3 aromatic carbocycles. The van der Waals surface area contributed by atoms with E-state index in [1.807, 2.05) is 19.9 Å². The summed E-state index contributed by atoms with van der Waals surface area (Å²) in [6, 6.07) is 10.4. The molecule has 65 heavy (non-hydrogen) atoms. The number of halogens is 7. The molecule has 2 aliphatic rings. The fourth-order valence-corrected chi connectivity index (χ4v) is 9.47. The van der Waals surface area contributed by atoms with E-state index in [1.165, 1.54) is 29.9 Å². The lowest BCUT2D eigenvalue weighted by atomic mass is 10.0. The van der Waals surface area contributed by atoms with Crippen molar-refractivity contribution in [2.24, 2.45) is 13.0 Å². The van der Waals surface area contributed by atoms with Crippen LogP contribution in [-0.2, 0) is 40.8 Å². The molecule has 14 nitrogen and oxygen atoms in total. The van der Waals surface area contributed by atoms with Gasteiger partial charge in [0.25, 0.3) is 17.9 Å². The van der Waals surface area contributed by atoms with Gasteiger partial charge < -0.3 is 5.32 Å². The van der Waals surface area contributed by atoms with Crippen LogP contribution in [0.25, 0.3) is 38.9 Å². The Balaban J connectivity index is 1.27. The second-order valence-electron chi connectivity index (χ2n) is 16.7. The van der Waals surface area contributed by atoms with Crippen molar-refractivity contribution in [1.29, 1.82) is 0 Å².